The van der Waals surface area contributed by atoms with Crippen molar-refractivity contribution in [3.63, 3.8) is 0 Å². The van der Waals surface area contributed by atoms with Gasteiger partial charge in [-0.25, -0.2) is 0 Å². The van der Waals surface area contributed by atoms with E-state index in [1.807, 2.05) is 6.20 Å². The van der Waals surface area contributed by atoms with Gasteiger partial charge in [-0.2, -0.15) is 10.2 Å². The molecule has 1 saturated heterocycles. The van der Waals surface area contributed by atoms with Crippen LogP contribution in [0.4, 0.5) is 0 Å². The number of aromatic amines is 1. The minimum Gasteiger partial charge on any atom is -0.311 e. The SMILES string of the molecule is Cl.Cl.c1n[nH]c2c1CCC21CCCN(Cc2cc3n(n2)CCCNC3)C1. The largest absolute Gasteiger partial charge is 0.311 e. The maximum Gasteiger partial charge on any atom is 0.0768 e. The van der Waals surface area contributed by atoms with E-state index in [0.29, 0.717) is 5.41 Å². The molecule has 2 aromatic heterocycles. The number of hydrogen-bond donors (Lipinski definition) is 2. The van der Waals surface area contributed by atoms with Crippen LogP contribution in [0.2, 0.25) is 0 Å². The number of nitrogens with zero attached hydrogens (tertiary/aromatic N) is 4. The van der Waals surface area contributed by atoms with Crippen molar-refractivity contribution in [3.05, 3.63) is 34.9 Å². The molecule has 0 saturated carbocycles. The molecule has 6 nitrogen and oxygen atoms in total. The van der Waals surface area contributed by atoms with Crippen LogP contribution in [0, 0.1) is 0 Å². The second-order valence-electron chi connectivity index (χ2n) is 7.75. The third-order valence-corrected chi connectivity index (χ3v) is 6.11. The Bertz CT molecular complexity index is 718. The number of nitrogens with one attached hydrogen (secondary N) is 2. The van der Waals surface area contributed by atoms with Gasteiger partial charge in [0.1, 0.15) is 0 Å². The second kappa shape index (κ2) is 7.89. The molecule has 8 heteroatoms. The van der Waals surface area contributed by atoms with Gasteiger partial charge in [0.25, 0.3) is 0 Å². The summed E-state index contributed by atoms with van der Waals surface area (Å²) < 4.78 is 2.21. The van der Waals surface area contributed by atoms with Gasteiger partial charge < -0.3 is 5.32 Å². The van der Waals surface area contributed by atoms with E-state index in [1.54, 1.807) is 0 Å². The lowest BCUT2D eigenvalue weighted by atomic mass is 9.77. The molecule has 0 radical (unpaired) electrons. The van der Waals surface area contributed by atoms with Crippen molar-refractivity contribution in [2.75, 3.05) is 19.6 Å². The fourth-order valence-corrected chi connectivity index (χ4v) is 4.96. The van der Waals surface area contributed by atoms with E-state index < -0.39 is 0 Å². The number of hydrogen-bond acceptors (Lipinski definition) is 4. The van der Waals surface area contributed by atoms with E-state index in [0.717, 1.165) is 32.7 Å². The zero-order valence-electron chi connectivity index (χ0n) is 15.0. The third kappa shape index (κ3) is 3.40. The Morgan fingerprint density at radius 3 is 3.00 bits per heavy atom. The van der Waals surface area contributed by atoms with E-state index in [1.165, 1.54) is 61.3 Å². The molecule has 1 aliphatic carbocycles. The normalized spacial score (nSPS) is 25.1. The number of likely N-dealkylation sites (tertiary alicyclic amines) is 1. The predicted octanol–water partition coefficient (Wildman–Crippen LogP) is 2.42. The lowest BCUT2D eigenvalue weighted by molar-refractivity contribution is 0.134. The average Bonchev–Trinajstić information content (AvgIpc) is 3.23. The van der Waals surface area contributed by atoms with E-state index in [2.05, 4.69) is 31.2 Å². The molecule has 2 aliphatic heterocycles. The Labute approximate surface area is 166 Å². The molecule has 2 aromatic rings. The topological polar surface area (TPSA) is 61.8 Å². The quantitative estimate of drug-likeness (QED) is 0.815. The maximum absolute atomic E-state index is 4.87. The first-order valence-corrected chi connectivity index (χ1v) is 9.34. The van der Waals surface area contributed by atoms with Crippen LogP contribution in [0.15, 0.2) is 12.3 Å². The van der Waals surface area contributed by atoms with Gasteiger partial charge in [0.05, 0.1) is 17.6 Å². The van der Waals surface area contributed by atoms with Crippen molar-refractivity contribution in [2.45, 2.75) is 57.2 Å². The molecular formula is C18H28Cl2N6. The second-order valence-corrected chi connectivity index (χ2v) is 7.75. The minimum absolute atomic E-state index is 0. The number of H-pyrrole nitrogens is 1. The summed E-state index contributed by atoms with van der Waals surface area (Å²) in [6, 6.07) is 2.30. The highest BCUT2D eigenvalue weighted by Crippen LogP contribution is 2.44. The zero-order valence-corrected chi connectivity index (χ0v) is 16.7. The summed E-state index contributed by atoms with van der Waals surface area (Å²) in [6.45, 7) is 6.40. The van der Waals surface area contributed by atoms with Crippen LogP contribution in [0.25, 0.3) is 0 Å². The van der Waals surface area contributed by atoms with E-state index in [4.69, 9.17) is 5.10 Å². The van der Waals surface area contributed by atoms with E-state index >= 15 is 0 Å². The Hall–Kier alpha value is -1.08. The molecule has 4 heterocycles. The molecule has 1 unspecified atom stereocenters. The number of halogens is 2. The molecule has 0 aromatic carbocycles. The molecule has 26 heavy (non-hydrogen) atoms. The molecule has 1 fully saturated rings. The van der Waals surface area contributed by atoms with Crippen molar-refractivity contribution in [1.29, 1.82) is 0 Å². The van der Waals surface area contributed by atoms with Gasteiger partial charge in [0.2, 0.25) is 0 Å². The first-order chi connectivity index (χ1) is 11.8. The van der Waals surface area contributed by atoms with Crippen LogP contribution in [0.5, 0.6) is 0 Å². The van der Waals surface area contributed by atoms with Crippen LogP contribution in [-0.4, -0.2) is 44.5 Å². The van der Waals surface area contributed by atoms with Crippen LogP contribution in [-0.2, 0) is 31.5 Å². The third-order valence-electron chi connectivity index (χ3n) is 6.11. The number of rotatable bonds is 2. The summed E-state index contributed by atoms with van der Waals surface area (Å²) in [6.07, 6.45) is 8.22. The number of aryl methyl sites for hydroxylation is 2. The zero-order chi connectivity index (χ0) is 16.0. The van der Waals surface area contributed by atoms with Crippen LogP contribution in [0.1, 0.15) is 48.3 Å². The fourth-order valence-electron chi connectivity index (χ4n) is 4.96. The molecule has 1 spiro atoms. The highest BCUT2D eigenvalue weighted by atomic mass is 35.5. The Morgan fingerprint density at radius 1 is 1.15 bits per heavy atom. The molecule has 144 valence electrons. The summed E-state index contributed by atoms with van der Waals surface area (Å²) >= 11 is 0. The Balaban J connectivity index is 0.000000980. The molecule has 5 rings (SSSR count). The molecule has 0 amide bonds. The van der Waals surface area contributed by atoms with Gasteiger partial charge in [0, 0.05) is 37.3 Å². The van der Waals surface area contributed by atoms with Crippen LogP contribution < -0.4 is 5.32 Å². The standard InChI is InChI=1S/C18H26N6.2ClH/c1-4-18(5-3-14-10-20-21-17(14)18)13-23(7-1)12-15-9-16-11-19-6-2-8-24(16)22-15;;/h9-10,19H,1-8,11-13H2,(H,20,21);2*1H. The summed E-state index contributed by atoms with van der Waals surface area (Å²) in [5.41, 5.74) is 5.73. The molecule has 2 N–H and O–H groups in total. The Morgan fingerprint density at radius 2 is 2.08 bits per heavy atom. The fraction of sp³-hybridized carbons (Fsp3) is 0.667. The van der Waals surface area contributed by atoms with Crippen molar-refractivity contribution in [2.24, 2.45) is 0 Å². The average molecular weight is 399 g/mol. The summed E-state index contributed by atoms with van der Waals surface area (Å²) in [5, 5.41) is 15.9. The minimum atomic E-state index is 0. The van der Waals surface area contributed by atoms with Gasteiger partial charge in [-0.05, 0) is 56.8 Å². The van der Waals surface area contributed by atoms with Crippen molar-refractivity contribution >= 4 is 24.8 Å². The van der Waals surface area contributed by atoms with E-state index in [-0.39, 0.29) is 24.8 Å². The van der Waals surface area contributed by atoms with Gasteiger partial charge in [0.15, 0.2) is 0 Å². The lowest BCUT2D eigenvalue weighted by Crippen LogP contribution is -2.44. The van der Waals surface area contributed by atoms with Crippen molar-refractivity contribution < 1.29 is 0 Å². The molecule has 3 aliphatic rings. The predicted molar refractivity (Wildman–Crippen MR) is 106 cm³/mol. The maximum atomic E-state index is 4.87. The molecule has 0 bridgehead atoms. The van der Waals surface area contributed by atoms with Gasteiger partial charge in [-0.1, -0.05) is 0 Å². The highest BCUT2D eigenvalue weighted by molar-refractivity contribution is 5.85. The summed E-state index contributed by atoms with van der Waals surface area (Å²) in [5.74, 6) is 0. The van der Waals surface area contributed by atoms with Gasteiger partial charge in [-0.3, -0.25) is 14.7 Å². The number of piperidine rings is 1. The smallest absolute Gasteiger partial charge is 0.0768 e. The highest BCUT2D eigenvalue weighted by Gasteiger charge is 2.43. The first kappa shape index (κ1) is 19.7. The molecular weight excluding hydrogens is 371 g/mol. The summed E-state index contributed by atoms with van der Waals surface area (Å²) in [7, 11) is 0. The number of aromatic nitrogens is 4. The lowest BCUT2D eigenvalue weighted by Gasteiger charge is -2.40. The van der Waals surface area contributed by atoms with Crippen LogP contribution in [0.3, 0.4) is 0 Å². The van der Waals surface area contributed by atoms with Gasteiger partial charge in [-0.15, -0.1) is 24.8 Å². The number of fused-ring (bicyclic) bond motifs is 3. The van der Waals surface area contributed by atoms with E-state index in [9.17, 15) is 0 Å². The Kier molecular flexibility index (Phi) is 5.97. The van der Waals surface area contributed by atoms with Crippen molar-refractivity contribution in [3.8, 4) is 0 Å². The van der Waals surface area contributed by atoms with Crippen LogP contribution >= 0.6 is 24.8 Å². The first-order valence-electron chi connectivity index (χ1n) is 9.34. The van der Waals surface area contributed by atoms with Gasteiger partial charge >= 0.3 is 0 Å². The molecule has 1 atom stereocenters. The summed E-state index contributed by atoms with van der Waals surface area (Å²) in [4.78, 5) is 2.61. The van der Waals surface area contributed by atoms with Crippen molar-refractivity contribution in [1.82, 2.24) is 30.2 Å². The monoisotopic (exact) mass is 398 g/mol.